The van der Waals surface area contributed by atoms with Crippen molar-refractivity contribution in [3.8, 4) is 33.4 Å². The highest BCUT2D eigenvalue weighted by Gasteiger charge is 2.28. The van der Waals surface area contributed by atoms with Gasteiger partial charge in [0.15, 0.2) is 0 Å². The zero-order valence-corrected chi connectivity index (χ0v) is 43.8. The Balaban J connectivity index is 0.941. The largest absolute Gasteiger partial charge is 0.456 e. The lowest BCUT2D eigenvalue weighted by atomic mass is 9.92. The number of benzene rings is 12. The smallest absolute Gasteiger partial charge is 0.136 e. The van der Waals surface area contributed by atoms with Crippen molar-refractivity contribution in [2.45, 2.75) is 0 Å². The SMILES string of the molecule is c1ccc(N(c2ccccc2-c2cccc3oc4ccc5nc6ccccc6cc5c4c23)c2ccccc2-c2cccc3oc4ccc5nc6ccccc6cc5c4c23)c(-c2cccc3oc4ccc5nc6ccccc6cc5c4c23)c1. The Morgan fingerprint density at radius 3 is 0.841 bits per heavy atom. The number of aromatic nitrogens is 3. The van der Waals surface area contributed by atoms with Crippen molar-refractivity contribution in [1.82, 2.24) is 15.0 Å². The van der Waals surface area contributed by atoms with E-state index in [9.17, 15) is 0 Å². The molecule has 0 unspecified atom stereocenters. The first kappa shape index (κ1) is 44.8. The van der Waals surface area contributed by atoms with E-state index < -0.39 is 0 Å². The van der Waals surface area contributed by atoms with Crippen molar-refractivity contribution in [1.29, 1.82) is 0 Å². The van der Waals surface area contributed by atoms with E-state index in [1.54, 1.807) is 0 Å². The van der Waals surface area contributed by atoms with Crippen LogP contribution in [0.1, 0.15) is 0 Å². The van der Waals surface area contributed by atoms with Gasteiger partial charge in [-0.05, 0) is 126 Å². The van der Waals surface area contributed by atoms with Gasteiger partial charge in [-0.25, -0.2) is 15.0 Å². The summed E-state index contributed by atoms with van der Waals surface area (Å²) in [5, 5.41) is 12.5. The van der Waals surface area contributed by atoms with Gasteiger partial charge in [-0.3, -0.25) is 0 Å². The standard InChI is InChI=1S/C75H42N4O3/c1-7-25-55-43(16-1)40-52-58(76-55)34-37-67-73(52)70-49(22-13-31-64(70)80-67)46-19-4-10-28-61(46)79(62-29-11-5-20-47(62)50-23-14-32-65-71(50)74-53-41-44-17-2-8-26-56(44)77-59(53)35-38-68(74)81-65)63-30-12-6-21-48(63)51-24-15-33-66-72(51)75-54-42-45-18-3-9-27-57(45)78-60(54)36-39-69(75)82-66/h1-42H. The highest BCUT2D eigenvalue weighted by Crippen LogP contribution is 2.53. The Morgan fingerprint density at radius 1 is 0.220 bits per heavy atom. The summed E-state index contributed by atoms with van der Waals surface area (Å²) in [5.41, 5.74) is 19.6. The Bertz CT molecular complexity index is 5190. The summed E-state index contributed by atoms with van der Waals surface area (Å²) >= 11 is 0. The van der Waals surface area contributed by atoms with Gasteiger partial charge in [0.2, 0.25) is 0 Å². The van der Waals surface area contributed by atoms with Gasteiger partial charge in [-0.2, -0.15) is 0 Å². The molecule has 0 amide bonds. The summed E-state index contributed by atoms with van der Waals surface area (Å²) in [4.78, 5) is 18.0. The molecule has 0 saturated heterocycles. The van der Waals surface area contributed by atoms with Crippen LogP contribution in [0.15, 0.2) is 268 Å². The summed E-state index contributed by atoms with van der Waals surface area (Å²) in [7, 11) is 0. The molecule has 0 fully saturated rings. The fourth-order valence-electron chi connectivity index (χ4n) is 13.2. The van der Waals surface area contributed by atoms with Gasteiger partial charge in [-0.15, -0.1) is 0 Å². The monoisotopic (exact) mass is 1050 g/mol. The van der Waals surface area contributed by atoms with Gasteiger partial charge >= 0.3 is 0 Å². The van der Waals surface area contributed by atoms with Crippen LogP contribution in [-0.2, 0) is 0 Å². The van der Waals surface area contributed by atoms with Gasteiger partial charge in [0.25, 0.3) is 0 Å². The lowest BCUT2D eigenvalue weighted by Gasteiger charge is -2.32. The molecule has 0 aliphatic carbocycles. The number of anilines is 3. The van der Waals surface area contributed by atoms with Crippen LogP contribution in [0.25, 0.3) is 165 Å². The maximum atomic E-state index is 6.84. The van der Waals surface area contributed by atoms with E-state index in [1.807, 2.05) is 18.2 Å². The molecule has 0 aliphatic heterocycles. The third-order valence-corrected chi connectivity index (χ3v) is 16.8. The maximum Gasteiger partial charge on any atom is 0.136 e. The van der Waals surface area contributed by atoms with E-state index in [2.05, 4.69) is 241 Å². The number of fused-ring (bicyclic) bond motifs is 18. The van der Waals surface area contributed by atoms with Crippen molar-refractivity contribution in [2.75, 3.05) is 4.90 Å². The fraction of sp³-hybridized carbons (Fsp3) is 0. The van der Waals surface area contributed by atoms with Gasteiger partial charge in [0.1, 0.15) is 33.5 Å². The minimum atomic E-state index is 0.802. The van der Waals surface area contributed by atoms with E-state index in [1.165, 1.54) is 0 Å². The molecule has 18 rings (SSSR count). The van der Waals surface area contributed by atoms with Crippen LogP contribution in [0.3, 0.4) is 0 Å². The lowest BCUT2D eigenvalue weighted by Crippen LogP contribution is -2.13. The number of rotatable bonds is 6. The first-order valence-corrected chi connectivity index (χ1v) is 27.6. The normalized spacial score (nSPS) is 12.1. The molecular formula is C75H42N4O3. The van der Waals surface area contributed by atoms with E-state index >= 15 is 0 Å². The van der Waals surface area contributed by atoms with Crippen molar-refractivity contribution in [3.63, 3.8) is 0 Å². The minimum Gasteiger partial charge on any atom is -0.456 e. The van der Waals surface area contributed by atoms with Crippen LogP contribution in [-0.4, -0.2) is 15.0 Å². The van der Waals surface area contributed by atoms with E-state index in [0.717, 1.165) is 182 Å². The molecule has 0 saturated carbocycles. The van der Waals surface area contributed by atoms with Gasteiger partial charge in [-0.1, -0.05) is 146 Å². The van der Waals surface area contributed by atoms with Gasteiger partial charge in [0, 0.05) is 81.3 Å². The third-order valence-electron chi connectivity index (χ3n) is 16.8. The topological polar surface area (TPSA) is 81.3 Å². The van der Waals surface area contributed by atoms with Crippen LogP contribution in [0.2, 0.25) is 0 Å². The first-order valence-electron chi connectivity index (χ1n) is 27.6. The molecule has 0 spiro atoms. The molecule has 0 atom stereocenters. The molecule has 0 N–H and O–H groups in total. The molecule has 7 heteroatoms. The first-order chi connectivity index (χ1) is 40.6. The Hall–Kier alpha value is -11.2. The number of furan rings is 3. The van der Waals surface area contributed by atoms with Crippen LogP contribution < -0.4 is 4.90 Å². The summed E-state index contributed by atoms with van der Waals surface area (Å²) in [5.74, 6) is 0. The second kappa shape index (κ2) is 17.2. The average Bonchev–Trinajstić information content (AvgIpc) is 2.99. The number of hydrogen-bond acceptors (Lipinski definition) is 7. The molecule has 0 aliphatic rings. The minimum absolute atomic E-state index is 0.802. The Labute approximate surface area is 467 Å². The molecule has 380 valence electrons. The quantitative estimate of drug-likeness (QED) is 0.153. The molecule has 6 aromatic heterocycles. The molecule has 0 radical (unpaired) electrons. The highest BCUT2D eigenvalue weighted by atomic mass is 16.3. The van der Waals surface area contributed by atoms with Crippen LogP contribution in [0, 0.1) is 0 Å². The van der Waals surface area contributed by atoms with Crippen molar-refractivity contribution >= 4 is 148 Å². The van der Waals surface area contributed by atoms with Crippen molar-refractivity contribution in [2.24, 2.45) is 0 Å². The number of nitrogens with zero attached hydrogens (tertiary/aromatic N) is 4. The third kappa shape index (κ3) is 6.56. The maximum absolute atomic E-state index is 6.84. The summed E-state index contributed by atoms with van der Waals surface area (Å²) < 4.78 is 20.5. The number of para-hydroxylation sites is 6. The van der Waals surface area contributed by atoms with Gasteiger partial charge < -0.3 is 18.2 Å². The molecule has 7 nitrogen and oxygen atoms in total. The molecular weight excluding hydrogens is 1000 g/mol. The summed E-state index contributed by atoms with van der Waals surface area (Å²) in [6.45, 7) is 0. The van der Waals surface area contributed by atoms with E-state index in [0.29, 0.717) is 0 Å². The van der Waals surface area contributed by atoms with Gasteiger partial charge in [0.05, 0.1) is 50.2 Å². The predicted octanol–water partition coefficient (Wildman–Crippen LogP) is 21.0. The zero-order chi connectivity index (χ0) is 53.6. The Morgan fingerprint density at radius 2 is 0.500 bits per heavy atom. The fourth-order valence-corrected chi connectivity index (χ4v) is 13.2. The molecule has 18 aromatic rings. The summed E-state index contributed by atoms with van der Waals surface area (Å²) in [6.07, 6.45) is 0. The second-order valence-corrected chi connectivity index (χ2v) is 21.3. The average molecular weight is 1050 g/mol. The highest BCUT2D eigenvalue weighted by molar-refractivity contribution is 6.27. The number of hydrogen-bond donors (Lipinski definition) is 0. The second-order valence-electron chi connectivity index (χ2n) is 21.3. The molecule has 0 bridgehead atoms. The Kier molecular flexibility index (Phi) is 9.38. The van der Waals surface area contributed by atoms with Crippen LogP contribution in [0.5, 0.6) is 0 Å². The van der Waals surface area contributed by atoms with E-state index in [4.69, 9.17) is 28.2 Å². The summed E-state index contributed by atoms with van der Waals surface area (Å²) in [6, 6.07) is 89.9. The lowest BCUT2D eigenvalue weighted by molar-refractivity contribution is 0.669. The molecule has 12 aromatic carbocycles. The van der Waals surface area contributed by atoms with Crippen LogP contribution in [0.4, 0.5) is 17.1 Å². The number of pyridine rings is 3. The molecule has 6 heterocycles. The van der Waals surface area contributed by atoms with Crippen LogP contribution >= 0.6 is 0 Å². The molecule has 82 heavy (non-hydrogen) atoms. The predicted molar refractivity (Wildman–Crippen MR) is 338 cm³/mol. The van der Waals surface area contributed by atoms with Crippen molar-refractivity contribution < 1.29 is 13.3 Å². The zero-order valence-electron chi connectivity index (χ0n) is 43.8. The van der Waals surface area contributed by atoms with E-state index in [-0.39, 0.29) is 0 Å². The van der Waals surface area contributed by atoms with Crippen molar-refractivity contribution in [3.05, 3.63) is 255 Å².